The van der Waals surface area contributed by atoms with Crippen LogP contribution in [0.4, 0.5) is 19.0 Å². The summed E-state index contributed by atoms with van der Waals surface area (Å²) in [5.74, 6) is -2.62. The average Bonchev–Trinajstić information content (AvgIpc) is 3.12. The highest BCUT2D eigenvalue weighted by atomic mass is 19.4. The second-order valence-corrected chi connectivity index (χ2v) is 8.05. The highest BCUT2D eigenvalue weighted by Crippen LogP contribution is 2.43. The van der Waals surface area contributed by atoms with Crippen molar-refractivity contribution in [2.24, 2.45) is 0 Å². The van der Waals surface area contributed by atoms with Gasteiger partial charge in [0.25, 0.3) is 5.91 Å². The zero-order valence-electron chi connectivity index (χ0n) is 18.6. The van der Waals surface area contributed by atoms with Gasteiger partial charge in [-0.05, 0) is 32.9 Å². The molecule has 1 amide bonds. The number of nitrogens with zero attached hydrogens (tertiary/aromatic N) is 5. The monoisotopic (exact) mass is 453 g/mol. The fourth-order valence-electron chi connectivity index (χ4n) is 3.72. The summed E-state index contributed by atoms with van der Waals surface area (Å²) in [6.07, 6.45) is -3.23. The quantitative estimate of drug-likeness (QED) is 0.646. The summed E-state index contributed by atoms with van der Waals surface area (Å²) >= 11 is 0. The average molecular weight is 453 g/mol. The first-order chi connectivity index (χ1) is 15.0. The van der Waals surface area contributed by atoms with Crippen molar-refractivity contribution in [3.63, 3.8) is 0 Å². The lowest BCUT2D eigenvalue weighted by molar-refractivity contribution is -0.151. The number of rotatable bonds is 5. The number of amides is 1. The highest BCUT2D eigenvalue weighted by molar-refractivity contribution is 5.93. The van der Waals surface area contributed by atoms with Crippen molar-refractivity contribution in [3.8, 4) is 0 Å². The van der Waals surface area contributed by atoms with Crippen molar-refractivity contribution < 1.29 is 27.5 Å². The van der Waals surface area contributed by atoms with Gasteiger partial charge < -0.3 is 14.5 Å². The van der Waals surface area contributed by atoms with Gasteiger partial charge in [-0.1, -0.05) is 0 Å². The minimum Gasteiger partial charge on any atom is -0.461 e. The van der Waals surface area contributed by atoms with E-state index in [9.17, 15) is 22.8 Å². The molecule has 0 radical (unpaired) electrons. The Hall–Kier alpha value is -3.11. The predicted molar refractivity (Wildman–Crippen MR) is 111 cm³/mol. The number of carbonyl (C=O) groups excluding carboxylic acids is 2. The van der Waals surface area contributed by atoms with Gasteiger partial charge in [0, 0.05) is 45.0 Å². The second-order valence-electron chi connectivity index (χ2n) is 8.05. The molecule has 0 saturated carbocycles. The zero-order chi connectivity index (χ0) is 23.8. The Morgan fingerprint density at radius 3 is 2.47 bits per heavy atom. The largest absolute Gasteiger partial charge is 0.461 e. The number of hydrogen-bond acceptors (Lipinski definition) is 6. The van der Waals surface area contributed by atoms with E-state index in [-0.39, 0.29) is 54.4 Å². The molecule has 0 fully saturated rings. The van der Waals surface area contributed by atoms with E-state index in [0.717, 1.165) is 0 Å². The van der Waals surface area contributed by atoms with Gasteiger partial charge in [-0.25, -0.2) is 9.78 Å². The Morgan fingerprint density at radius 1 is 1.28 bits per heavy atom. The topological polar surface area (TPSA) is 80.6 Å². The maximum absolute atomic E-state index is 14.1. The van der Waals surface area contributed by atoms with Crippen LogP contribution >= 0.6 is 0 Å². The summed E-state index contributed by atoms with van der Waals surface area (Å²) in [5, 5.41) is 4.20. The van der Waals surface area contributed by atoms with Crippen LogP contribution in [0.3, 0.4) is 0 Å². The van der Waals surface area contributed by atoms with Crippen molar-refractivity contribution >= 4 is 17.7 Å². The Kier molecular flexibility index (Phi) is 6.47. The standard InChI is InChI=1S/C21H26F3N5O3/c1-6-32-20(31)17-14-10-28(16-8-7-13(9-25-16)19(30)27(4)5)11-15(21(22,23)24)18(14)29(26-17)12(2)3/h7-9,12,15H,6,10-11H2,1-5H3/t15-/m0/s1. The van der Waals surface area contributed by atoms with Gasteiger partial charge in [0.2, 0.25) is 0 Å². The number of halogens is 3. The van der Waals surface area contributed by atoms with Gasteiger partial charge in [-0.3, -0.25) is 9.48 Å². The molecular formula is C21H26F3N5O3. The first kappa shape index (κ1) is 23.6. The molecule has 174 valence electrons. The van der Waals surface area contributed by atoms with Crippen LogP contribution in [0.2, 0.25) is 0 Å². The summed E-state index contributed by atoms with van der Waals surface area (Å²) in [6, 6.07) is 2.65. The lowest BCUT2D eigenvalue weighted by atomic mass is 9.93. The third-order valence-electron chi connectivity index (χ3n) is 5.21. The number of anilines is 1. The van der Waals surface area contributed by atoms with Gasteiger partial charge in [-0.2, -0.15) is 18.3 Å². The van der Waals surface area contributed by atoms with E-state index in [0.29, 0.717) is 5.56 Å². The van der Waals surface area contributed by atoms with Crippen molar-refractivity contribution in [2.45, 2.75) is 45.5 Å². The van der Waals surface area contributed by atoms with Crippen LogP contribution < -0.4 is 4.90 Å². The first-order valence-electron chi connectivity index (χ1n) is 10.2. The van der Waals surface area contributed by atoms with E-state index >= 15 is 0 Å². The number of esters is 1. The molecule has 0 spiro atoms. The van der Waals surface area contributed by atoms with Crippen LogP contribution in [0.1, 0.15) is 64.8 Å². The van der Waals surface area contributed by atoms with Gasteiger partial charge in [0.1, 0.15) is 11.7 Å². The molecule has 3 heterocycles. The van der Waals surface area contributed by atoms with Crippen LogP contribution in [0.5, 0.6) is 0 Å². The third kappa shape index (κ3) is 4.42. The molecule has 0 aliphatic carbocycles. The summed E-state index contributed by atoms with van der Waals surface area (Å²) in [7, 11) is 3.19. The SMILES string of the molecule is CCOC(=O)c1nn(C(C)C)c2c1CN(c1ccc(C(=O)N(C)C)cn1)C[C@@H]2C(F)(F)F. The number of ether oxygens (including phenoxy) is 1. The van der Waals surface area contributed by atoms with E-state index in [1.54, 1.807) is 34.9 Å². The van der Waals surface area contributed by atoms with Crippen molar-refractivity contribution in [1.29, 1.82) is 0 Å². The van der Waals surface area contributed by atoms with Gasteiger partial charge >= 0.3 is 12.1 Å². The van der Waals surface area contributed by atoms with Crippen molar-refractivity contribution in [3.05, 3.63) is 40.8 Å². The van der Waals surface area contributed by atoms with Gasteiger partial charge in [0.05, 0.1) is 17.9 Å². The number of pyridine rings is 1. The molecule has 2 aromatic heterocycles. The molecule has 1 aliphatic rings. The first-order valence-corrected chi connectivity index (χ1v) is 10.2. The predicted octanol–water partition coefficient (Wildman–Crippen LogP) is 3.40. The molecule has 8 nitrogen and oxygen atoms in total. The van der Waals surface area contributed by atoms with Crippen molar-refractivity contribution in [2.75, 3.05) is 32.1 Å². The second kappa shape index (κ2) is 8.79. The lowest BCUT2D eigenvalue weighted by Crippen LogP contribution is -2.41. The van der Waals surface area contributed by atoms with E-state index in [1.165, 1.54) is 32.8 Å². The van der Waals surface area contributed by atoms with Crippen LogP contribution in [0, 0.1) is 0 Å². The van der Waals surface area contributed by atoms with Gasteiger partial charge in [-0.15, -0.1) is 0 Å². The number of fused-ring (bicyclic) bond motifs is 1. The van der Waals surface area contributed by atoms with Crippen LogP contribution in [-0.4, -0.2) is 65.0 Å². The fraction of sp³-hybridized carbons (Fsp3) is 0.524. The molecule has 32 heavy (non-hydrogen) atoms. The maximum atomic E-state index is 14.1. The van der Waals surface area contributed by atoms with Crippen LogP contribution in [0.15, 0.2) is 18.3 Å². The summed E-state index contributed by atoms with van der Waals surface area (Å²) in [5.41, 5.74) is 0.366. The van der Waals surface area contributed by atoms with E-state index in [2.05, 4.69) is 10.1 Å². The molecule has 0 saturated heterocycles. The molecule has 1 aliphatic heterocycles. The lowest BCUT2D eigenvalue weighted by Gasteiger charge is -2.35. The molecule has 1 atom stereocenters. The Morgan fingerprint density at radius 2 is 1.97 bits per heavy atom. The number of carbonyl (C=O) groups is 2. The molecule has 0 aromatic carbocycles. The van der Waals surface area contributed by atoms with Gasteiger partial charge in [0.15, 0.2) is 5.69 Å². The molecule has 0 unspecified atom stereocenters. The minimum absolute atomic E-state index is 0.0107. The smallest absolute Gasteiger partial charge is 0.398 e. The third-order valence-corrected chi connectivity index (χ3v) is 5.21. The van der Waals surface area contributed by atoms with E-state index < -0.39 is 18.1 Å². The Bertz CT molecular complexity index is 999. The van der Waals surface area contributed by atoms with Crippen LogP contribution in [-0.2, 0) is 11.3 Å². The molecular weight excluding hydrogens is 427 g/mol. The maximum Gasteiger partial charge on any atom is 0.398 e. The Balaban J connectivity index is 2.08. The van der Waals surface area contributed by atoms with E-state index in [4.69, 9.17) is 4.74 Å². The fourth-order valence-corrected chi connectivity index (χ4v) is 3.72. The number of alkyl halides is 3. The van der Waals surface area contributed by atoms with Crippen molar-refractivity contribution in [1.82, 2.24) is 19.7 Å². The number of aromatic nitrogens is 3. The molecule has 2 aromatic rings. The zero-order valence-corrected chi connectivity index (χ0v) is 18.6. The molecule has 3 rings (SSSR count). The normalized spacial score (nSPS) is 16.2. The summed E-state index contributed by atoms with van der Waals surface area (Å²) in [6.45, 7) is 4.75. The number of hydrogen-bond donors (Lipinski definition) is 0. The molecule has 11 heteroatoms. The molecule has 0 N–H and O–H groups in total. The summed E-state index contributed by atoms with van der Waals surface area (Å²) < 4.78 is 48.7. The van der Waals surface area contributed by atoms with E-state index in [1.807, 2.05) is 0 Å². The summed E-state index contributed by atoms with van der Waals surface area (Å²) in [4.78, 5) is 31.6. The molecule has 0 bridgehead atoms. The van der Waals surface area contributed by atoms with Crippen LogP contribution in [0.25, 0.3) is 0 Å². The highest BCUT2D eigenvalue weighted by Gasteiger charge is 2.49. The Labute approximate surface area is 184 Å². The minimum atomic E-state index is -4.56.